The van der Waals surface area contributed by atoms with Crippen molar-refractivity contribution in [3.63, 3.8) is 0 Å². The average Bonchev–Trinajstić information content (AvgIpc) is 3.00. The molecule has 1 aromatic rings. The summed E-state index contributed by atoms with van der Waals surface area (Å²) < 4.78 is 47.7. The summed E-state index contributed by atoms with van der Waals surface area (Å²) in [6.45, 7) is 0. The number of alkyl halides is 3. The van der Waals surface area contributed by atoms with Gasteiger partial charge in [0.25, 0.3) is 0 Å². The third-order valence-corrected chi connectivity index (χ3v) is 2.27. The van der Waals surface area contributed by atoms with Crippen molar-refractivity contribution in [1.82, 2.24) is 0 Å². The number of methoxy groups -OCH3 is 1. The second kappa shape index (κ2) is 3.88. The molecule has 16 heavy (non-hydrogen) atoms. The van der Waals surface area contributed by atoms with Crippen molar-refractivity contribution >= 4 is 0 Å². The average molecular weight is 232 g/mol. The summed E-state index contributed by atoms with van der Waals surface area (Å²) >= 11 is 0. The number of ether oxygens (including phenoxy) is 2. The highest BCUT2D eigenvalue weighted by molar-refractivity contribution is 5.40. The summed E-state index contributed by atoms with van der Waals surface area (Å²) in [6.07, 6.45) is -2.51. The lowest BCUT2D eigenvalue weighted by Crippen LogP contribution is -2.06. The molecular weight excluding hydrogens is 221 g/mol. The van der Waals surface area contributed by atoms with Crippen molar-refractivity contribution in [2.75, 3.05) is 7.11 Å². The lowest BCUT2D eigenvalue weighted by molar-refractivity contribution is -0.137. The molecule has 0 saturated heterocycles. The van der Waals surface area contributed by atoms with Crippen molar-refractivity contribution in [3.05, 3.63) is 23.8 Å². The SMILES string of the molecule is COc1cc(OC2CC2)cc(C(F)(F)F)c1. The maximum atomic E-state index is 12.5. The fourth-order valence-corrected chi connectivity index (χ4v) is 1.30. The van der Waals surface area contributed by atoms with Crippen LogP contribution < -0.4 is 9.47 Å². The first-order chi connectivity index (χ1) is 7.49. The van der Waals surface area contributed by atoms with E-state index in [1.165, 1.54) is 13.2 Å². The summed E-state index contributed by atoms with van der Waals surface area (Å²) in [5.41, 5.74) is -0.748. The van der Waals surface area contributed by atoms with E-state index in [-0.39, 0.29) is 17.6 Å². The number of halogens is 3. The van der Waals surface area contributed by atoms with Gasteiger partial charge >= 0.3 is 6.18 Å². The third-order valence-electron chi connectivity index (χ3n) is 2.27. The zero-order valence-corrected chi connectivity index (χ0v) is 8.67. The standard InChI is InChI=1S/C11H11F3O2/c1-15-9-4-7(11(12,13)14)5-10(6-9)16-8-2-3-8/h4-6,8H,2-3H2,1H3. The molecular formula is C11H11F3O2. The van der Waals surface area contributed by atoms with E-state index in [4.69, 9.17) is 9.47 Å². The Morgan fingerprint density at radius 3 is 2.25 bits per heavy atom. The first kappa shape index (κ1) is 11.1. The Bertz CT molecular complexity index is 383. The van der Waals surface area contributed by atoms with Crippen molar-refractivity contribution in [2.45, 2.75) is 25.1 Å². The van der Waals surface area contributed by atoms with Gasteiger partial charge in [0.15, 0.2) is 0 Å². The molecule has 0 aliphatic heterocycles. The van der Waals surface area contributed by atoms with Crippen LogP contribution in [0.5, 0.6) is 11.5 Å². The van der Waals surface area contributed by atoms with Gasteiger partial charge in [-0.15, -0.1) is 0 Å². The van der Waals surface area contributed by atoms with Crippen molar-refractivity contribution in [2.24, 2.45) is 0 Å². The van der Waals surface area contributed by atoms with Gasteiger partial charge in [0, 0.05) is 6.07 Å². The van der Waals surface area contributed by atoms with E-state index >= 15 is 0 Å². The molecule has 0 spiro atoms. The Kier molecular flexibility index (Phi) is 2.69. The first-order valence-corrected chi connectivity index (χ1v) is 4.92. The Hall–Kier alpha value is -1.39. The molecule has 0 aromatic heterocycles. The molecule has 0 N–H and O–H groups in total. The molecule has 1 aliphatic carbocycles. The van der Waals surface area contributed by atoms with Gasteiger partial charge in [0.2, 0.25) is 0 Å². The quantitative estimate of drug-likeness (QED) is 0.796. The summed E-state index contributed by atoms with van der Waals surface area (Å²) in [4.78, 5) is 0. The van der Waals surface area contributed by atoms with Crippen molar-refractivity contribution in [1.29, 1.82) is 0 Å². The number of benzene rings is 1. The highest BCUT2D eigenvalue weighted by Crippen LogP contribution is 2.36. The van der Waals surface area contributed by atoms with Crippen LogP contribution in [0.1, 0.15) is 18.4 Å². The first-order valence-electron chi connectivity index (χ1n) is 4.92. The van der Waals surface area contributed by atoms with E-state index in [9.17, 15) is 13.2 Å². The second-order valence-electron chi connectivity index (χ2n) is 3.71. The van der Waals surface area contributed by atoms with Gasteiger partial charge in [-0.25, -0.2) is 0 Å². The molecule has 1 aromatic carbocycles. The summed E-state index contributed by atoms with van der Waals surface area (Å²) in [6, 6.07) is 3.42. The molecule has 2 rings (SSSR count). The van der Waals surface area contributed by atoms with Crippen LogP contribution in [0.15, 0.2) is 18.2 Å². The van der Waals surface area contributed by atoms with Gasteiger partial charge in [-0.1, -0.05) is 0 Å². The Balaban J connectivity index is 2.29. The smallest absolute Gasteiger partial charge is 0.416 e. The predicted molar refractivity (Wildman–Crippen MR) is 51.6 cm³/mol. The van der Waals surface area contributed by atoms with Crippen molar-refractivity contribution in [3.8, 4) is 11.5 Å². The van der Waals surface area contributed by atoms with Crippen LogP contribution in [-0.2, 0) is 6.18 Å². The molecule has 0 atom stereocenters. The van der Waals surface area contributed by atoms with E-state index in [0.29, 0.717) is 0 Å². The van der Waals surface area contributed by atoms with Crippen LogP contribution >= 0.6 is 0 Å². The van der Waals surface area contributed by atoms with Gasteiger partial charge in [-0.2, -0.15) is 13.2 Å². The van der Waals surface area contributed by atoms with E-state index in [2.05, 4.69) is 0 Å². The van der Waals surface area contributed by atoms with Crippen LogP contribution in [0, 0.1) is 0 Å². The molecule has 1 aliphatic rings. The van der Waals surface area contributed by atoms with E-state index in [0.717, 1.165) is 25.0 Å². The lowest BCUT2D eigenvalue weighted by atomic mass is 10.2. The van der Waals surface area contributed by atoms with E-state index in [1.54, 1.807) is 0 Å². The minimum absolute atomic E-state index is 0.0631. The molecule has 88 valence electrons. The van der Waals surface area contributed by atoms with Crippen LogP contribution in [0.25, 0.3) is 0 Å². The molecule has 2 nitrogen and oxygen atoms in total. The largest absolute Gasteiger partial charge is 0.497 e. The minimum Gasteiger partial charge on any atom is -0.497 e. The molecule has 0 bridgehead atoms. The Morgan fingerprint density at radius 2 is 1.75 bits per heavy atom. The molecule has 0 radical (unpaired) electrons. The summed E-state index contributed by atoms with van der Waals surface area (Å²) in [7, 11) is 1.33. The van der Waals surface area contributed by atoms with Gasteiger partial charge in [0.05, 0.1) is 18.8 Å². The van der Waals surface area contributed by atoms with Crippen LogP contribution in [0.2, 0.25) is 0 Å². The maximum Gasteiger partial charge on any atom is 0.416 e. The molecule has 1 fully saturated rings. The zero-order chi connectivity index (χ0) is 11.8. The van der Waals surface area contributed by atoms with Gasteiger partial charge < -0.3 is 9.47 Å². The topological polar surface area (TPSA) is 18.5 Å². The monoisotopic (exact) mass is 232 g/mol. The maximum absolute atomic E-state index is 12.5. The molecule has 0 heterocycles. The Labute approximate surface area is 91.0 Å². The third kappa shape index (κ3) is 2.59. The lowest BCUT2D eigenvalue weighted by Gasteiger charge is -2.12. The fraction of sp³-hybridized carbons (Fsp3) is 0.455. The van der Waals surface area contributed by atoms with Gasteiger partial charge in [-0.3, -0.25) is 0 Å². The summed E-state index contributed by atoms with van der Waals surface area (Å²) in [5, 5.41) is 0. The second-order valence-corrected chi connectivity index (χ2v) is 3.71. The molecule has 0 amide bonds. The fourth-order valence-electron chi connectivity index (χ4n) is 1.30. The van der Waals surface area contributed by atoms with Crippen molar-refractivity contribution < 1.29 is 22.6 Å². The molecule has 5 heteroatoms. The normalized spacial score (nSPS) is 16.0. The van der Waals surface area contributed by atoms with Gasteiger partial charge in [-0.05, 0) is 25.0 Å². The van der Waals surface area contributed by atoms with E-state index < -0.39 is 11.7 Å². The highest BCUT2D eigenvalue weighted by atomic mass is 19.4. The Morgan fingerprint density at radius 1 is 1.12 bits per heavy atom. The van der Waals surface area contributed by atoms with Crippen LogP contribution in [0.4, 0.5) is 13.2 Å². The highest BCUT2D eigenvalue weighted by Gasteiger charge is 2.32. The summed E-state index contributed by atoms with van der Waals surface area (Å²) in [5.74, 6) is 0.375. The molecule has 1 saturated carbocycles. The van der Waals surface area contributed by atoms with Crippen LogP contribution in [-0.4, -0.2) is 13.2 Å². The van der Waals surface area contributed by atoms with Gasteiger partial charge in [0.1, 0.15) is 11.5 Å². The predicted octanol–water partition coefficient (Wildman–Crippen LogP) is 3.26. The number of hydrogen-bond donors (Lipinski definition) is 0. The number of rotatable bonds is 3. The zero-order valence-electron chi connectivity index (χ0n) is 8.67. The van der Waals surface area contributed by atoms with Crippen LogP contribution in [0.3, 0.4) is 0 Å². The molecule has 0 unspecified atom stereocenters. The minimum atomic E-state index is -4.38. The van der Waals surface area contributed by atoms with E-state index in [1.807, 2.05) is 0 Å². The number of hydrogen-bond acceptors (Lipinski definition) is 2.